The maximum absolute atomic E-state index is 13.5. The van der Waals surface area contributed by atoms with Crippen LogP contribution in [0.4, 0.5) is 14.7 Å². The molecule has 1 amide bonds. The normalized spacial score (nSPS) is 20.1. The molecule has 4 aromatic rings. The average Bonchev–Trinajstić information content (AvgIpc) is 3.39. The molecule has 12 nitrogen and oxygen atoms in total. The average molecular weight is 713 g/mol. The first-order valence-corrected chi connectivity index (χ1v) is 12.9. The molecule has 2 unspecified atom stereocenters. The summed E-state index contributed by atoms with van der Waals surface area (Å²) >= 11 is 0. The summed E-state index contributed by atoms with van der Waals surface area (Å²) in [5.41, 5.74) is 8.85. The standard InChI is InChI=1S/C27H25F2N7O5.CH3.Cs/c1-26(30)11-34(12-26)25-31-9-14(10-32-25)13-5-6-35-17(7-13)21-16-8-18(22(21)33-35)36(27(38,39)40)23(37)15-3-2-4-19(20(15)16)41-24(28)29;;/h2-7,9-10,16,18,24,38-40H,8,11-12,30H2,1H3;1H3;/q;-1;+1. The van der Waals surface area contributed by atoms with Crippen LogP contribution in [0.3, 0.4) is 0 Å². The molecule has 3 aromatic heterocycles. The van der Waals surface area contributed by atoms with Crippen LogP contribution in [-0.4, -0.2) is 77.0 Å². The number of pyridine rings is 1. The van der Waals surface area contributed by atoms with Crippen molar-refractivity contribution in [1.29, 1.82) is 0 Å². The molecule has 3 aliphatic rings. The zero-order valence-electron chi connectivity index (χ0n) is 23.6. The largest absolute Gasteiger partial charge is 1.00 e. The molecule has 1 aromatic carbocycles. The maximum Gasteiger partial charge on any atom is 1.00 e. The van der Waals surface area contributed by atoms with Gasteiger partial charge in [0.1, 0.15) is 5.75 Å². The summed E-state index contributed by atoms with van der Waals surface area (Å²) in [5.74, 6) is -1.29. The summed E-state index contributed by atoms with van der Waals surface area (Å²) in [6.07, 6.45) is 1.60. The van der Waals surface area contributed by atoms with Crippen LogP contribution in [0.1, 0.15) is 52.5 Å². The number of benzene rings is 1. The van der Waals surface area contributed by atoms with Gasteiger partial charge in [0.2, 0.25) is 5.95 Å². The molecule has 1 aliphatic carbocycles. The van der Waals surface area contributed by atoms with Crippen LogP contribution >= 0.6 is 0 Å². The monoisotopic (exact) mass is 713 g/mol. The van der Waals surface area contributed by atoms with Crippen LogP contribution in [-0.2, 0) is 0 Å². The molecule has 5 N–H and O–H groups in total. The number of aromatic nitrogens is 4. The molecule has 220 valence electrons. The Morgan fingerprint density at radius 1 is 1.12 bits per heavy atom. The van der Waals surface area contributed by atoms with Crippen LogP contribution in [0, 0.1) is 7.43 Å². The molecule has 1 saturated heterocycles. The number of nitrogens with two attached hydrogens (primary N) is 1. The van der Waals surface area contributed by atoms with Crippen molar-refractivity contribution in [1.82, 2.24) is 24.5 Å². The summed E-state index contributed by atoms with van der Waals surface area (Å²) in [5, 5.41) is 35.2. The number of hydrogen-bond donors (Lipinski definition) is 4. The number of aliphatic hydroxyl groups is 3. The molecule has 2 aliphatic heterocycles. The minimum absolute atomic E-state index is 0. The number of rotatable bonds is 5. The quantitative estimate of drug-likeness (QED) is 0.149. The number of anilines is 1. The van der Waals surface area contributed by atoms with Gasteiger partial charge >= 0.3 is 81.6 Å². The van der Waals surface area contributed by atoms with Gasteiger partial charge in [-0.25, -0.2) is 14.5 Å². The van der Waals surface area contributed by atoms with Crippen LogP contribution < -0.4 is 84.3 Å². The first-order chi connectivity index (χ1) is 19.4. The second kappa shape index (κ2) is 11.3. The Balaban J connectivity index is 0.00000184. The minimum atomic E-state index is -3.53. The summed E-state index contributed by atoms with van der Waals surface area (Å²) in [6, 6.07) is 6.63. The summed E-state index contributed by atoms with van der Waals surface area (Å²) < 4.78 is 33.1. The van der Waals surface area contributed by atoms with E-state index in [0.29, 0.717) is 40.7 Å². The zero-order chi connectivity index (χ0) is 28.8. The first-order valence-electron chi connectivity index (χ1n) is 12.9. The van der Waals surface area contributed by atoms with Crippen molar-refractivity contribution in [3.05, 3.63) is 78.7 Å². The van der Waals surface area contributed by atoms with Gasteiger partial charge in [0.15, 0.2) is 0 Å². The SMILES string of the molecule is CC1(N)CN(c2ncc(-c3ccn4nc5c(c4c3)C3CC5N(C(O)(O)O)C(=O)c4cccc(OC(F)F)c43)cn2)C1.[CH3-].[Cs+]. The summed E-state index contributed by atoms with van der Waals surface area (Å²) in [6.45, 7) is 0.107. The smallest absolute Gasteiger partial charge is 0.434 e. The van der Waals surface area contributed by atoms with Gasteiger partial charge in [-0.2, -0.15) is 13.9 Å². The molecule has 2 bridgehead atoms. The second-order valence-corrected chi connectivity index (χ2v) is 11.0. The van der Waals surface area contributed by atoms with Crippen molar-refractivity contribution in [3.63, 3.8) is 0 Å². The van der Waals surface area contributed by atoms with Crippen molar-refractivity contribution < 1.29 is 103 Å². The molecule has 0 radical (unpaired) electrons. The van der Waals surface area contributed by atoms with Gasteiger partial charge in [-0.05, 0) is 43.2 Å². The van der Waals surface area contributed by atoms with Gasteiger partial charge in [0.05, 0.1) is 17.3 Å². The Morgan fingerprint density at radius 3 is 2.44 bits per heavy atom. The second-order valence-electron chi connectivity index (χ2n) is 11.0. The molecule has 7 rings (SSSR count). The van der Waals surface area contributed by atoms with Crippen molar-refractivity contribution in [2.24, 2.45) is 5.73 Å². The molecular weight excluding hydrogens is 685 g/mol. The van der Waals surface area contributed by atoms with Crippen LogP contribution in [0.5, 0.6) is 5.75 Å². The van der Waals surface area contributed by atoms with Crippen molar-refractivity contribution in [2.45, 2.75) is 43.6 Å². The van der Waals surface area contributed by atoms with Crippen molar-refractivity contribution in [3.8, 4) is 16.9 Å². The number of halogens is 2. The van der Waals surface area contributed by atoms with E-state index in [9.17, 15) is 28.9 Å². The van der Waals surface area contributed by atoms with E-state index >= 15 is 0 Å². The molecule has 43 heavy (non-hydrogen) atoms. The molecule has 2 atom stereocenters. The molecule has 0 spiro atoms. The fourth-order valence-electron chi connectivity index (χ4n) is 6.31. The number of amides is 1. The van der Waals surface area contributed by atoms with Gasteiger partial charge in [0, 0.05) is 65.4 Å². The Kier molecular flexibility index (Phi) is 8.47. The van der Waals surface area contributed by atoms with Crippen LogP contribution in [0.15, 0.2) is 48.9 Å². The Morgan fingerprint density at radius 2 is 1.81 bits per heavy atom. The predicted octanol–water partition coefficient (Wildman–Crippen LogP) is -0.995. The van der Waals surface area contributed by atoms with E-state index in [0.717, 1.165) is 11.1 Å². The van der Waals surface area contributed by atoms with E-state index in [-0.39, 0.29) is 105 Å². The Bertz CT molecular complexity index is 1700. The predicted molar refractivity (Wildman–Crippen MR) is 145 cm³/mol. The van der Waals surface area contributed by atoms with E-state index in [4.69, 9.17) is 10.5 Å². The van der Waals surface area contributed by atoms with Gasteiger partial charge in [0.25, 0.3) is 5.91 Å². The van der Waals surface area contributed by atoms with E-state index in [1.807, 2.05) is 17.9 Å². The first kappa shape index (κ1) is 32.2. The Labute approximate surface area is 303 Å². The van der Waals surface area contributed by atoms with E-state index < -0.39 is 30.6 Å². The van der Waals surface area contributed by atoms with Crippen LogP contribution in [0.25, 0.3) is 16.6 Å². The molecule has 0 saturated carbocycles. The van der Waals surface area contributed by atoms with Gasteiger partial charge in [-0.15, -0.1) is 0 Å². The van der Waals surface area contributed by atoms with Crippen molar-refractivity contribution >= 4 is 17.4 Å². The zero-order valence-corrected chi connectivity index (χ0v) is 29.9. The maximum atomic E-state index is 13.5. The van der Waals surface area contributed by atoms with E-state index in [1.165, 1.54) is 18.2 Å². The summed E-state index contributed by atoms with van der Waals surface area (Å²) in [7, 11) is 0. The van der Waals surface area contributed by atoms with Gasteiger partial charge in [-0.1, -0.05) is 6.07 Å². The number of fused-ring (bicyclic) bond motifs is 9. The summed E-state index contributed by atoms with van der Waals surface area (Å²) in [4.78, 5) is 24.9. The van der Waals surface area contributed by atoms with E-state index in [1.54, 1.807) is 29.2 Å². The third-order valence-electron chi connectivity index (χ3n) is 7.90. The minimum Gasteiger partial charge on any atom is -0.434 e. The number of ether oxygens (including phenoxy) is 1. The molecule has 5 heterocycles. The molecule has 1 fully saturated rings. The number of alkyl halides is 2. The number of carbonyl (C=O) groups is 1. The van der Waals surface area contributed by atoms with Gasteiger partial charge in [-0.3, -0.25) is 9.69 Å². The number of carbonyl (C=O) groups excluding carboxylic acids is 1. The third kappa shape index (κ3) is 5.38. The fraction of sp³-hybridized carbons (Fsp3) is 0.321. The molecule has 15 heteroatoms. The third-order valence-corrected chi connectivity index (χ3v) is 7.90. The van der Waals surface area contributed by atoms with Crippen LogP contribution in [0.2, 0.25) is 0 Å². The Hall–Kier alpha value is -2.19. The van der Waals surface area contributed by atoms with Gasteiger partial charge < -0.3 is 38.1 Å². The van der Waals surface area contributed by atoms with E-state index in [2.05, 4.69) is 15.1 Å². The van der Waals surface area contributed by atoms with Crippen molar-refractivity contribution in [2.75, 3.05) is 18.0 Å². The number of nitrogens with zero attached hydrogens (tertiary/aromatic N) is 6. The molecular formula is C28H28CsF2N7O5. The number of hydrogen-bond acceptors (Lipinski definition) is 10. The fourth-order valence-corrected chi connectivity index (χ4v) is 6.31. The topological polar surface area (TPSA) is 163 Å².